The zero-order valence-corrected chi connectivity index (χ0v) is 14.1. The predicted molar refractivity (Wildman–Crippen MR) is 90.9 cm³/mol. The molecule has 0 aromatic heterocycles. The van der Waals surface area contributed by atoms with Gasteiger partial charge in [-0.15, -0.1) is 0 Å². The summed E-state index contributed by atoms with van der Waals surface area (Å²) >= 11 is 3.30. The van der Waals surface area contributed by atoms with Crippen molar-refractivity contribution in [1.82, 2.24) is 5.32 Å². The van der Waals surface area contributed by atoms with Gasteiger partial charge in [-0.1, -0.05) is 15.9 Å². The summed E-state index contributed by atoms with van der Waals surface area (Å²) in [6.07, 6.45) is 0.138. The lowest BCUT2D eigenvalue weighted by atomic mass is 10.2. The number of hydrogen-bond acceptors (Lipinski definition) is 2. The minimum atomic E-state index is -0.345. The van der Waals surface area contributed by atoms with E-state index in [2.05, 4.69) is 26.6 Å². The Morgan fingerprint density at radius 2 is 1.83 bits per heavy atom. The minimum Gasteiger partial charge on any atom is -0.352 e. The lowest BCUT2D eigenvalue weighted by molar-refractivity contribution is -0.116. The lowest BCUT2D eigenvalue weighted by Gasteiger charge is -2.09. The van der Waals surface area contributed by atoms with E-state index in [-0.39, 0.29) is 30.6 Å². The smallest absolute Gasteiger partial charge is 0.251 e. The Morgan fingerprint density at radius 3 is 2.48 bits per heavy atom. The van der Waals surface area contributed by atoms with Gasteiger partial charge in [-0.05, 0) is 55.0 Å². The quantitative estimate of drug-likeness (QED) is 0.833. The molecular formula is C17H16BrFN2O2. The van der Waals surface area contributed by atoms with Crippen LogP contribution in [0.2, 0.25) is 0 Å². The fourth-order valence-electron chi connectivity index (χ4n) is 1.97. The number of halogens is 2. The van der Waals surface area contributed by atoms with Gasteiger partial charge in [-0.25, -0.2) is 4.39 Å². The van der Waals surface area contributed by atoms with Crippen LogP contribution in [-0.4, -0.2) is 18.4 Å². The van der Waals surface area contributed by atoms with Crippen molar-refractivity contribution >= 4 is 33.4 Å². The van der Waals surface area contributed by atoms with E-state index in [0.717, 1.165) is 4.47 Å². The molecule has 0 heterocycles. The number of rotatable bonds is 5. The first-order valence-electron chi connectivity index (χ1n) is 7.05. The van der Waals surface area contributed by atoms with Crippen molar-refractivity contribution in [1.29, 1.82) is 0 Å². The molecule has 0 aliphatic carbocycles. The molecule has 0 aliphatic heterocycles. The van der Waals surface area contributed by atoms with Gasteiger partial charge in [0.05, 0.1) is 0 Å². The van der Waals surface area contributed by atoms with Crippen LogP contribution in [0, 0.1) is 12.7 Å². The monoisotopic (exact) mass is 378 g/mol. The van der Waals surface area contributed by atoms with Gasteiger partial charge in [0.15, 0.2) is 0 Å². The average molecular weight is 379 g/mol. The van der Waals surface area contributed by atoms with Crippen molar-refractivity contribution in [2.45, 2.75) is 13.3 Å². The third-order valence-electron chi connectivity index (χ3n) is 3.21. The first kappa shape index (κ1) is 17.1. The van der Waals surface area contributed by atoms with E-state index in [1.165, 1.54) is 18.2 Å². The van der Waals surface area contributed by atoms with Crippen LogP contribution in [0.5, 0.6) is 0 Å². The summed E-state index contributed by atoms with van der Waals surface area (Å²) in [5.74, 6) is -0.818. The summed E-state index contributed by atoms with van der Waals surface area (Å²) in [5.41, 5.74) is 1.75. The Kier molecular flexibility index (Phi) is 5.87. The summed E-state index contributed by atoms with van der Waals surface area (Å²) in [5, 5.41) is 5.38. The van der Waals surface area contributed by atoms with Crippen molar-refractivity contribution in [3.05, 3.63) is 63.9 Å². The zero-order chi connectivity index (χ0) is 16.8. The molecule has 0 aliphatic rings. The van der Waals surface area contributed by atoms with E-state index in [0.29, 0.717) is 16.8 Å². The maximum atomic E-state index is 13.0. The molecule has 120 valence electrons. The highest BCUT2D eigenvalue weighted by atomic mass is 79.9. The Hall–Kier alpha value is -2.21. The Labute approximate surface area is 142 Å². The molecular weight excluding hydrogens is 363 g/mol. The molecule has 0 saturated heterocycles. The number of benzene rings is 2. The summed E-state index contributed by atoms with van der Waals surface area (Å²) < 4.78 is 13.9. The van der Waals surface area contributed by atoms with Gasteiger partial charge in [-0.2, -0.15) is 0 Å². The van der Waals surface area contributed by atoms with Crippen LogP contribution in [0.3, 0.4) is 0 Å². The van der Waals surface area contributed by atoms with Crippen LogP contribution in [-0.2, 0) is 4.79 Å². The van der Waals surface area contributed by atoms with E-state index in [4.69, 9.17) is 0 Å². The Bertz CT molecular complexity index is 717. The third-order valence-corrected chi connectivity index (χ3v) is 3.74. The highest BCUT2D eigenvalue weighted by molar-refractivity contribution is 9.10. The molecule has 2 N–H and O–H groups in total. The second-order valence-corrected chi connectivity index (χ2v) is 5.94. The van der Waals surface area contributed by atoms with Gasteiger partial charge in [-0.3, -0.25) is 9.59 Å². The van der Waals surface area contributed by atoms with Crippen LogP contribution in [0.15, 0.2) is 46.9 Å². The molecule has 23 heavy (non-hydrogen) atoms. The molecule has 0 fully saturated rings. The van der Waals surface area contributed by atoms with E-state index >= 15 is 0 Å². The van der Waals surface area contributed by atoms with E-state index in [1.54, 1.807) is 31.2 Å². The molecule has 0 saturated carbocycles. The number of hydrogen-bond donors (Lipinski definition) is 2. The molecule has 2 amide bonds. The number of carbonyl (C=O) groups is 2. The van der Waals surface area contributed by atoms with Gasteiger partial charge in [0, 0.05) is 28.7 Å². The highest BCUT2D eigenvalue weighted by Gasteiger charge is 2.08. The van der Waals surface area contributed by atoms with Gasteiger partial charge in [0.2, 0.25) is 5.91 Å². The molecule has 0 radical (unpaired) electrons. The number of aryl methyl sites for hydroxylation is 1. The number of anilines is 1. The second-order valence-electron chi connectivity index (χ2n) is 5.02. The third kappa shape index (κ3) is 5.17. The normalized spacial score (nSPS) is 10.2. The Morgan fingerprint density at radius 1 is 1.13 bits per heavy atom. The first-order chi connectivity index (χ1) is 11.0. The van der Waals surface area contributed by atoms with Gasteiger partial charge in [0.1, 0.15) is 5.82 Å². The van der Waals surface area contributed by atoms with Crippen molar-refractivity contribution in [3.63, 3.8) is 0 Å². The van der Waals surface area contributed by atoms with Crippen molar-refractivity contribution < 1.29 is 14.0 Å². The molecule has 6 heteroatoms. The molecule has 2 rings (SSSR count). The van der Waals surface area contributed by atoms with Crippen molar-refractivity contribution in [2.75, 3.05) is 11.9 Å². The fraction of sp³-hybridized carbons (Fsp3) is 0.176. The number of carbonyl (C=O) groups excluding carboxylic acids is 2. The van der Waals surface area contributed by atoms with Crippen molar-refractivity contribution in [2.24, 2.45) is 0 Å². The van der Waals surface area contributed by atoms with E-state index in [9.17, 15) is 14.0 Å². The molecule has 0 spiro atoms. The SMILES string of the molecule is Cc1cc(F)ccc1NC(=O)CCNC(=O)c1ccc(Br)cc1. The highest BCUT2D eigenvalue weighted by Crippen LogP contribution is 2.15. The molecule has 2 aromatic rings. The van der Waals surface area contributed by atoms with E-state index < -0.39 is 0 Å². The van der Waals surface area contributed by atoms with Crippen LogP contribution in [0.1, 0.15) is 22.3 Å². The summed E-state index contributed by atoms with van der Waals surface area (Å²) in [6.45, 7) is 1.94. The van der Waals surface area contributed by atoms with Crippen LogP contribution in [0.25, 0.3) is 0 Å². The fourth-order valence-corrected chi connectivity index (χ4v) is 2.24. The number of nitrogens with one attached hydrogen (secondary N) is 2. The molecule has 4 nitrogen and oxygen atoms in total. The Balaban J connectivity index is 1.80. The largest absolute Gasteiger partial charge is 0.352 e. The van der Waals surface area contributed by atoms with Crippen LogP contribution < -0.4 is 10.6 Å². The molecule has 0 bridgehead atoms. The maximum absolute atomic E-state index is 13.0. The summed E-state index contributed by atoms with van der Waals surface area (Å²) in [4.78, 5) is 23.7. The summed E-state index contributed by atoms with van der Waals surface area (Å²) in [7, 11) is 0. The van der Waals surface area contributed by atoms with E-state index in [1.807, 2.05) is 0 Å². The predicted octanol–water partition coefficient (Wildman–Crippen LogP) is 3.66. The standard InChI is InChI=1S/C17H16BrFN2O2/c1-11-10-14(19)6-7-15(11)21-16(22)8-9-20-17(23)12-2-4-13(18)5-3-12/h2-7,10H,8-9H2,1H3,(H,20,23)(H,21,22). The molecule has 0 unspecified atom stereocenters. The van der Waals surface area contributed by atoms with Crippen molar-refractivity contribution in [3.8, 4) is 0 Å². The summed E-state index contributed by atoms with van der Waals surface area (Å²) in [6, 6.07) is 11.1. The average Bonchev–Trinajstić information content (AvgIpc) is 2.50. The maximum Gasteiger partial charge on any atom is 0.251 e. The van der Waals surface area contributed by atoms with Gasteiger partial charge < -0.3 is 10.6 Å². The minimum absolute atomic E-state index is 0.138. The van der Waals surface area contributed by atoms with Gasteiger partial charge in [0.25, 0.3) is 5.91 Å². The molecule has 0 atom stereocenters. The van der Waals surface area contributed by atoms with Crippen LogP contribution >= 0.6 is 15.9 Å². The molecule has 2 aromatic carbocycles. The first-order valence-corrected chi connectivity index (χ1v) is 7.85. The second kappa shape index (κ2) is 7.87. The lowest BCUT2D eigenvalue weighted by Crippen LogP contribution is -2.27. The van der Waals surface area contributed by atoms with Gasteiger partial charge >= 0.3 is 0 Å². The van der Waals surface area contributed by atoms with Crippen LogP contribution in [0.4, 0.5) is 10.1 Å². The zero-order valence-electron chi connectivity index (χ0n) is 12.5. The number of amides is 2. The topological polar surface area (TPSA) is 58.2 Å².